The van der Waals surface area contributed by atoms with Crippen molar-refractivity contribution >= 4 is 29.2 Å². The maximum Gasteiger partial charge on any atom is 0.341 e. The van der Waals surface area contributed by atoms with E-state index in [2.05, 4.69) is 5.32 Å². The Kier molecular flexibility index (Phi) is 5.34. The lowest BCUT2D eigenvalue weighted by Gasteiger charge is -2.22. The Morgan fingerprint density at radius 1 is 1.03 bits per heavy atom. The van der Waals surface area contributed by atoms with Gasteiger partial charge in [0.05, 0.1) is 17.5 Å². The quantitative estimate of drug-likeness (QED) is 0.656. The van der Waals surface area contributed by atoms with Gasteiger partial charge in [-0.3, -0.25) is 9.59 Å². The fourth-order valence-corrected chi connectivity index (χ4v) is 3.42. The Labute approximate surface area is 173 Å². The van der Waals surface area contributed by atoms with E-state index in [9.17, 15) is 14.4 Å². The van der Waals surface area contributed by atoms with E-state index >= 15 is 0 Å². The van der Waals surface area contributed by atoms with E-state index in [1.807, 2.05) is 24.3 Å². The van der Waals surface area contributed by atoms with Crippen LogP contribution < -0.4 is 10.2 Å². The number of carbonyl (C=O) groups excluding carboxylic acids is 3. The summed E-state index contributed by atoms with van der Waals surface area (Å²) in [6.07, 6.45) is 1.18. The number of furan rings is 1. The molecule has 0 fully saturated rings. The van der Waals surface area contributed by atoms with Crippen LogP contribution in [0.5, 0.6) is 0 Å². The van der Waals surface area contributed by atoms with Crippen LogP contribution in [-0.4, -0.2) is 30.4 Å². The molecule has 2 heterocycles. The van der Waals surface area contributed by atoms with Crippen molar-refractivity contribution in [2.24, 2.45) is 0 Å². The molecular formula is C23H20N2O5. The van der Waals surface area contributed by atoms with Gasteiger partial charge in [0.25, 0.3) is 11.8 Å². The van der Waals surface area contributed by atoms with Gasteiger partial charge >= 0.3 is 5.97 Å². The number of nitrogens with one attached hydrogen (secondary N) is 1. The summed E-state index contributed by atoms with van der Waals surface area (Å²) in [4.78, 5) is 39.5. The molecular weight excluding hydrogens is 384 g/mol. The Hall–Kier alpha value is -3.87. The maximum absolute atomic E-state index is 12.9. The molecule has 2 aromatic carbocycles. The minimum Gasteiger partial charge on any atom is -0.459 e. The van der Waals surface area contributed by atoms with Crippen LogP contribution >= 0.6 is 0 Å². The summed E-state index contributed by atoms with van der Waals surface area (Å²) in [6, 6.07) is 17.2. The number of rotatable bonds is 5. The molecule has 152 valence electrons. The van der Waals surface area contributed by atoms with Crippen molar-refractivity contribution in [1.29, 1.82) is 0 Å². The molecule has 7 nitrogen and oxygen atoms in total. The lowest BCUT2D eigenvalue weighted by Crippen LogP contribution is -2.39. The molecule has 1 atom stereocenters. The average molecular weight is 404 g/mol. The highest BCUT2D eigenvalue weighted by Crippen LogP contribution is 2.28. The number of ether oxygens (including phenoxy) is 1. The number of amides is 2. The molecule has 0 bridgehead atoms. The predicted octanol–water partition coefficient (Wildman–Crippen LogP) is 3.67. The summed E-state index contributed by atoms with van der Waals surface area (Å²) in [7, 11) is 0. The van der Waals surface area contributed by atoms with Crippen molar-refractivity contribution in [2.45, 2.75) is 19.4 Å². The number of hydrogen-bond donors (Lipinski definition) is 1. The van der Waals surface area contributed by atoms with Crippen LogP contribution in [0, 0.1) is 0 Å². The van der Waals surface area contributed by atoms with Crippen molar-refractivity contribution in [1.82, 2.24) is 0 Å². The summed E-state index contributed by atoms with van der Waals surface area (Å²) < 4.78 is 10.5. The Morgan fingerprint density at radius 2 is 1.80 bits per heavy atom. The molecule has 1 unspecified atom stereocenters. The van der Waals surface area contributed by atoms with Gasteiger partial charge in [-0.15, -0.1) is 0 Å². The smallest absolute Gasteiger partial charge is 0.341 e. The number of nitrogens with zero attached hydrogens (tertiary/aromatic N) is 1. The van der Waals surface area contributed by atoms with Crippen molar-refractivity contribution in [3.63, 3.8) is 0 Å². The van der Waals surface area contributed by atoms with Crippen molar-refractivity contribution in [2.75, 3.05) is 16.8 Å². The summed E-state index contributed by atoms with van der Waals surface area (Å²) in [5.41, 5.74) is 2.36. The van der Waals surface area contributed by atoms with Gasteiger partial charge in [0, 0.05) is 12.2 Å². The Bertz CT molecular complexity index is 1090. The van der Waals surface area contributed by atoms with Gasteiger partial charge in [0.2, 0.25) is 0 Å². The molecule has 0 saturated heterocycles. The second-order valence-electron chi connectivity index (χ2n) is 6.89. The van der Waals surface area contributed by atoms with E-state index in [1.165, 1.54) is 18.4 Å². The Morgan fingerprint density at radius 3 is 2.60 bits per heavy atom. The number of carbonyl (C=O) groups is 3. The van der Waals surface area contributed by atoms with Crippen LogP contribution in [0.2, 0.25) is 0 Å². The topological polar surface area (TPSA) is 88.8 Å². The zero-order chi connectivity index (χ0) is 21.1. The van der Waals surface area contributed by atoms with E-state index in [4.69, 9.17) is 9.15 Å². The number of fused-ring (bicyclic) bond motifs is 1. The molecule has 0 radical (unpaired) electrons. The van der Waals surface area contributed by atoms with E-state index in [0.29, 0.717) is 6.54 Å². The summed E-state index contributed by atoms with van der Waals surface area (Å²) in [5, 5.41) is 2.64. The van der Waals surface area contributed by atoms with Crippen molar-refractivity contribution in [3.05, 3.63) is 83.8 Å². The second kappa shape index (κ2) is 8.24. The molecule has 7 heteroatoms. The zero-order valence-electron chi connectivity index (χ0n) is 16.3. The first-order valence-corrected chi connectivity index (χ1v) is 9.59. The summed E-state index contributed by atoms with van der Waals surface area (Å²) in [5.74, 6) is -1.35. The minimum absolute atomic E-state index is 0.120. The van der Waals surface area contributed by atoms with Gasteiger partial charge in [0.15, 0.2) is 11.9 Å². The molecule has 0 spiro atoms. The van der Waals surface area contributed by atoms with Crippen LogP contribution in [-0.2, 0) is 16.0 Å². The van der Waals surface area contributed by atoms with Crippen molar-refractivity contribution in [3.8, 4) is 0 Å². The highest BCUT2D eigenvalue weighted by molar-refractivity contribution is 6.07. The molecule has 1 N–H and O–H groups in total. The number of esters is 1. The first-order valence-electron chi connectivity index (χ1n) is 9.59. The molecule has 4 rings (SSSR count). The lowest BCUT2D eigenvalue weighted by atomic mass is 10.1. The third-order valence-electron chi connectivity index (χ3n) is 4.92. The molecule has 0 aliphatic carbocycles. The molecule has 3 aromatic rings. The first kappa shape index (κ1) is 19.4. The molecule has 0 saturated carbocycles. The fourth-order valence-electron chi connectivity index (χ4n) is 3.42. The zero-order valence-corrected chi connectivity index (χ0v) is 16.3. The van der Waals surface area contributed by atoms with Crippen LogP contribution in [0.3, 0.4) is 0 Å². The molecule has 30 heavy (non-hydrogen) atoms. The molecule has 1 aliphatic heterocycles. The second-order valence-corrected chi connectivity index (χ2v) is 6.89. The molecule has 1 aromatic heterocycles. The third-order valence-corrected chi connectivity index (χ3v) is 4.92. The van der Waals surface area contributed by atoms with Crippen LogP contribution in [0.1, 0.15) is 33.4 Å². The number of hydrogen-bond acceptors (Lipinski definition) is 5. The van der Waals surface area contributed by atoms with Gasteiger partial charge in [-0.05, 0) is 49.2 Å². The van der Waals surface area contributed by atoms with E-state index in [-0.39, 0.29) is 22.9 Å². The van der Waals surface area contributed by atoms with Crippen LogP contribution in [0.15, 0.2) is 71.3 Å². The largest absolute Gasteiger partial charge is 0.459 e. The van der Waals surface area contributed by atoms with Gasteiger partial charge in [-0.1, -0.05) is 30.3 Å². The molecule has 1 aliphatic rings. The van der Waals surface area contributed by atoms with Crippen LogP contribution in [0.4, 0.5) is 11.4 Å². The fraction of sp³-hybridized carbons (Fsp3) is 0.174. The van der Waals surface area contributed by atoms with Crippen LogP contribution in [0.25, 0.3) is 0 Å². The monoisotopic (exact) mass is 404 g/mol. The van der Waals surface area contributed by atoms with Gasteiger partial charge < -0.3 is 19.4 Å². The summed E-state index contributed by atoms with van der Waals surface area (Å²) in [6.45, 7) is 2.10. The number of anilines is 2. The summed E-state index contributed by atoms with van der Waals surface area (Å²) >= 11 is 0. The van der Waals surface area contributed by atoms with Crippen molar-refractivity contribution < 1.29 is 23.5 Å². The SMILES string of the molecule is CC(OC(=O)c1ccccc1NC(=O)c1ccco1)C(=O)N1CCc2ccccc21. The standard InChI is InChI=1S/C23H20N2O5/c1-15(22(27)25-13-12-16-7-2-5-10-19(16)25)30-23(28)17-8-3-4-9-18(17)24-21(26)20-11-6-14-29-20/h2-11,14-15H,12-13H2,1H3,(H,24,26). The van der Waals surface area contributed by atoms with E-state index < -0.39 is 18.0 Å². The third kappa shape index (κ3) is 3.82. The lowest BCUT2D eigenvalue weighted by molar-refractivity contribution is -0.126. The average Bonchev–Trinajstić information content (AvgIpc) is 3.43. The van der Waals surface area contributed by atoms with E-state index in [0.717, 1.165) is 17.7 Å². The maximum atomic E-state index is 12.9. The normalized spacial score (nSPS) is 13.4. The van der Waals surface area contributed by atoms with Gasteiger partial charge in [-0.25, -0.2) is 4.79 Å². The predicted molar refractivity (Wildman–Crippen MR) is 110 cm³/mol. The van der Waals surface area contributed by atoms with E-state index in [1.54, 1.807) is 36.1 Å². The van der Waals surface area contributed by atoms with Gasteiger partial charge in [0.1, 0.15) is 0 Å². The van der Waals surface area contributed by atoms with Gasteiger partial charge in [-0.2, -0.15) is 0 Å². The first-order chi connectivity index (χ1) is 14.5. The number of para-hydroxylation sites is 2. The highest BCUT2D eigenvalue weighted by atomic mass is 16.5. The highest BCUT2D eigenvalue weighted by Gasteiger charge is 2.30. The number of benzene rings is 2. The minimum atomic E-state index is -0.975. The Balaban J connectivity index is 1.46. The molecule has 2 amide bonds.